The molecule has 2 heterocycles. The van der Waals surface area contributed by atoms with Crippen molar-refractivity contribution < 1.29 is 0 Å². The Kier molecular flexibility index (Phi) is 2.59. The average Bonchev–Trinajstić information content (AvgIpc) is 2.94. The summed E-state index contributed by atoms with van der Waals surface area (Å²) in [7, 11) is 2.25. The number of hydrogen-bond donors (Lipinski definition) is 0. The minimum atomic E-state index is -0.0885. The van der Waals surface area contributed by atoms with E-state index >= 15 is 0 Å². The summed E-state index contributed by atoms with van der Waals surface area (Å²) in [6, 6.07) is 17.4. The summed E-state index contributed by atoms with van der Waals surface area (Å²) in [4.78, 5) is 2.55. The third-order valence-electron chi connectivity index (χ3n) is 6.03. The van der Waals surface area contributed by atoms with Crippen LogP contribution in [0.1, 0.15) is 54.5 Å². The first-order valence-corrected chi connectivity index (χ1v) is 8.05. The second-order valence-electron chi connectivity index (χ2n) is 6.40. The molecule has 4 rings (SSSR count). The van der Waals surface area contributed by atoms with Crippen LogP contribution in [0.3, 0.4) is 0 Å². The second-order valence-corrected chi connectivity index (χ2v) is 6.40. The van der Waals surface area contributed by atoms with E-state index in [0.717, 1.165) is 18.4 Å². The molecule has 2 bridgehead atoms. The quantitative estimate of drug-likeness (QED) is 0.831. The maximum Gasteiger partial charge on any atom is 0.0991 e. The first-order valence-electron chi connectivity index (χ1n) is 8.05. The molecule has 22 heavy (non-hydrogen) atoms. The lowest BCUT2D eigenvalue weighted by molar-refractivity contribution is 0.103. The smallest absolute Gasteiger partial charge is 0.0991 e. The van der Waals surface area contributed by atoms with Gasteiger partial charge in [0, 0.05) is 0 Å². The van der Waals surface area contributed by atoms with Gasteiger partial charge in [-0.3, -0.25) is 4.90 Å². The van der Waals surface area contributed by atoms with Gasteiger partial charge in [0.15, 0.2) is 0 Å². The third-order valence-corrected chi connectivity index (χ3v) is 6.03. The highest BCUT2D eigenvalue weighted by Gasteiger charge is 2.63. The SMILES string of the molecule is CCC12c3ccccc3C(CC)(c3cc(C#N)ccc31)N2C. The van der Waals surface area contributed by atoms with Gasteiger partial charge in [-0.25, -0.2) is 0 Å². The fourth-order valence-corrected chi connectivity index (χ4v) is 5.10. The molecule has 0 saturated heterocycles. The number of rotatable bonds is 2. The van der Waals surface area contributed by atoms with Crippen molar-refractivity contribution in [3.8, 4) is 6.07 Å². The highest BCUT2D eigenvalue weighted by atomic mass is 15.3. The van der Waals surface area contributed by atoms with E-state index in [2.05, 4.69) is 68.3 Å². The monoisotopic (exact) mass is 288 g/mol. The van der Waals surface area contributed by atoms with Gasteiger partial charge >= 0.3 is 0 Å². The van der Waals surface area contributed by atoms with Crippen LogP contribution < -0.4 is 0 Å². The van der Waals surface area contributed by atoms with Crippen molar-refractivity contribution in [2.45, 2.75) is 37.8 Å². The molecule has 2 aromatic carbocycles. The minimum Gasteiger partial charge on any atom is -0.279 e. The lowest BCUT2D eigenvalue weighted by Gasteiger charge is -2.36. The summed E-state index contributed by atoms with van der Waals surface area (Å²) >= 11 is 0. The van der Waals surface area contributed by atoms with Crippen LogP contribution in [0.4, 0.5) is 0 Å². The zero-order valence-electron chi connectivity index (χ0n) is 13.4. The third kappa shape index (κ3) is 1.18. The van der Waals surface area contributed by atoms with Crippen molar-refractivity contribution in [3.05, 3.63) is 70.3 Å². The van der Waals surface area contributed by atoms with Crippen molar-refractivity contribution in [1.29, 1.82) is 5.26 Å². The standard InChI is InChI=1S/C20H20N2/c1-4-19-15-8-6-7-9-16(15)20(5-2,22(19)3)18-12-14(13-21)10-11-17(18)19/h6-12H,4-5H2,1-3H3. The molecule has 0 aromatic heterocycles. The second kappa shape index (κ2) is 4.21. The topological polar surface area (TPSA) is 27.0 Å². The van der Waals surface area contributed by atoms with E-state index in [0.29, 0.717) is 0 Å². The molecule has 0 amide bonds. The number of nitriles is 1. The largest absolute Gasteiger partial charge is 0.279 e. The van der Waals surface area contributed by atoms with Crippen LogP contribution in [0.5, 0.6) is 0 Å². The summed E-state index contributed by atoms with van der Waals surface area (Å²) in [5.41, 5.74) is 6.21. The molecule has 0 saturated carbocycles. The lowest BCUT2D eigenvalue weighted by Crippen LogP contribution is -2.42. The van der Waals surface area contributed by atoms with Crippen molar-refractivity contribution in [2.24, 2.45) is 0 Å². The Hall–Kier alpha value is -2.11. The predicted molar refractivity (Wildman–Crippen MR) is 87.5 cm³/mol. The molecular weight excluding hydrogens is 268 g/mol. The van der Waals surface area contributed by atoms with Gasteiger partial charge in [-0.05, 0) is 54.3 Å². The van der Waals surface area contributed by atoms with Gasteiger partial charge in [0.25, 0.3) is 0 Å². The summed E-state index contributed by atoms with van der Waals surface area (Å²) in [6.07, 6.45) is 2.06. The maximum absolute atomic E-state index is 9.31. The van der Waals surface area contributed by atoms with E-state index in [1.165, 1.54) is 22.3 Å². The van der Waals surface area contributed by atoms with Gasteiger partial charge in [-0.1, -0.05) is 44.2 Å². The van der Waals surface area contributed by atoms with E-state index in [1.807, 2.05) is 6.07 Å². The molecule has 2 aliphatic heterocycles. The first kappa shape index (κ1) is 13.5. The minimum absolute atomic E-state index is 0.0457. The fraction of sp³-hybridized carbons (Fsp3) is 0.350. The molecule has 110 valence electrons. The van der Waals surface area contributed by atoms with Crippen molar-refractivity contribution in [3.63, 3.8) is 0 Å². The fourth-order valence-electron chi connectivity index (χ4n) is 5.10. The van der Waals surface area contributed by atoms with E-state index in [9.17, 15) is 5.26 Å². The van der Waals surface area contributed by atoms with Crippen LogP contribution >= 0.6 is 0 Å². The molecule has 2 heteroatoms. The van der Waals surface area contributed by atoms with E-state index in [4.69, 9.17) is 0 Å². The number of nitrogens with zero attached hydrogens (tertiary/aromatic N) is 2. The van der Waals surface area contributed by atoms with E-state index in [-0.39, 0.29) is 11.1 Å². The molecule has 2 aromatic rings. The van der Waals surface area contributed by atoms with Crippen LogP contribution in [0, 0.1) is 11.3 Å². The molecule has 0 fully saturated rings. The van der Waals surface area contributed by atoms with Gasteiger partial charge < -0.3 is 0 Å². The van der Waals surface area contributed by atoms with Crippen molar-refractivity contribution >= 4 is 0 Å². The van der Waals surface area contributed by atoms with Gasteiger partial charge in [0.05, 0.1) is 22.7 Å². The Morgan fingerprint density at radius 2 is 1.45 bits per heavy atom. The summed E-state index contributed by atoms with van der Waals surface area (Å²) in [6.45, 7) is 4.53. The number of fused-ring (bicyclic) bond motifs is 8. The Bertz CT molecular complexity index is 817. The Balaban J connectivity index is 2.15. The molecule has 0 radical (unpaired) electrons. The van der Waals surface area contributed by atoms with Gasteiger partial charge in [0.2, 0.25) is 0 Å². The van der Waals surface area contributed by atoms with Crippen molar-refractivity contribution in [1.82, 2.24) is 4.90 Å². The molecule has 2 atom stereocenters. The zero-order valence-corrected chi connectivity index (χ0v) is 13.4. The number of benzene rings is 2. The molecule has 2 unspecified atom stereocenters. The van der Waals surface area contributed by atoms with Crippen LogP contribution in [0.15, 0.2) is 42.5 Å². The van der Waals surface area contributed by atoms with Crippen molar-refractivity contribution in [2.75, 3.05) is 7.05 Å². The predicted octanol–water partition coefficient (Wildman–Crippen LogP) is 4.12. The molecule has 0 N–H and O–H groups in total. The van der Waals surface area contributed by atoms with Crippen LogP contribution in [0.25, 0.3) is 0 Å². The van der Waals surface area contributed by atoms with Gasteiger partial charge in [-0.15, -0.1) is 0 Å². The van der Waals surface area contributed by atoms with Crippen LogP contribution in [-0.4, -0.2) is 11.9 Å². The molecule has 2 nitrogen and oxygen atoms in total. The van der Waals surface area contributed by atoms with Gasteiger partial charge in [-0.2, -0.15) is 5.26 Å². The normalized spacial score (nSPS) is 28.3. The molecule has 2 aliphatic rings. The number of hydrogen-bond acceptors (Lipinski definition) is 2. The summed E-state index contributed by atoms with van der Waals surface area (Å²) in [5.74, 6) is 0. The zero-order chi connectivity index (χ0) is 15.5. The van der Waals surface area contributed by atoms with E-state index < -0.39 is 0 Å². The maximum atomic E-state index is 9.31. The van der Waals surface area contributed by atoms with E-state index in [1.54, 1.807) is 0 Å². The van der Waals surface area contributed by atoms with Crippen LogP contribution in [0.2, 0.25) is 0 Å². The summed E-state index contributed by atoms with van der Waals surface area (Å²) in [5, 5.41) is 9.31. The van der Waals surface area contributed by atoms with Gasteiger partial charge in [0.1, 0.15) is 0 Å². The highest BCUT2D eigenvalue weighted by Crippen LogP contribution is 2.64. The molecule has 0 aliphatic carbocycles. The first-order chi connectivity index (χ1) is 10.7. The highest BCUT2D eigenvalue weighted by molar-refractivity contribution is 5.66. The Morgan fingerprint density at radius 1 is 0.909 bits per heavy atom. The molecule has 0 spiro atoms. The average molecular weight is 288 g/mol. The Labute approximate surface area is 132 Å². The lowest BCUT2D eigenvalue weighted by atomic mass is 9.70. The molecular formula is C20H20N2. The van der Waals surface area contributed by atoms with Crippen LogP contribution in [-0.2, 0) is 11.1 Å². The Morgan fingerprint density at radius 3 is 2.00 bits per heavy atom. The summed E-state index contributed by atoms with van der Waals surface area (Å²) < 4.78 is 0.